The predicted molar refractivity (Wildman–Crippen MR) is 133 cm³/mol. The summed E-state index contributed by atoms with van der Waals surface area (Å²) in [4.78, 5) is 30.9. The van der Waals surface area contributed by atoms with Crippen LogP contribution in [0.2, 0.25) is 0 Å². The number of unbranched alkanes of at least 4 members (excludes halogenated alkanes) is 8. The maximum atomic E-state index is 13.2. The number of nitrogens with zero attached hydrogens (tertiary/aromatic N) is 3. The van der Waals surface area contributed by atoms with Crippen LogP contribution in [0.4, 0.5) is 0 Å². The Morgan fingerprint density at radius 3 is 2.45 bits per heavy atom. The minimum absolute atomic E-state index is 0.117. The lowest BCUT2D eigenvalue weighted by molar-refractivity contribution is 0.0950. The minimum Gasteiger partial charge on any atom is -0.352 e. The second-order valence-corrected chi connectivity index (χ2v) is 8.73. The molecule has 3 aromatic heterocycles. The molecule has 0 aliphatic rings. The SMILES string of the molecule is CCCCCCCCNC(=O)c1cc2c(=O)n3ccccc3nc2n(CCCCCC)c1=N. The molecule has 3 heterocycles. The summed E-state index contributed by atoms with van der Waals surface area (Å²) in [5, 5.41) is 12.1. The van der Waals surface area contributed by atoms with Crippen molar-refractivity contribution >= 4 is 22.6 Å². The van der Waals surface area contributed by atoms with E-state index < -0.39 is 0 Å². The summed E-state index contributed by atoms with van der Waals surface area (Å²) in [6.45, 7) is 5.49. The molecule has 0 aliphatic heterocycles. The Morgan fingerprint density at radius 1 is 1.00 bits per heavy atom. The molecule has 0 aromatic carbocycles. The van der Waals surface area contributed by atoms with Crippen molar-refractivity contribution in [3.8, 4) is 0 Å². The van der Waals surface area contributed by atoms with Gasteiger partial charge in [0.05, 0.1) is 10.9 Å². The van der Waals surface area contributed by atoms with Crippen LogP contribution in [-0.2, 0) is 6.54 Å². The highest BCUT2D eigenvalue weighted by atomic mass is 16.1. The van der Waals surface area contributed by atoms with E-state index >= 15 is 0 Å². The van der Waals surface area contributed by atoms with Gasteiger partial charge < -0.3 is 9.88 Å². The minimum atomic E-state index is -0.296. The Hall–Kier alpha value is -2.96. The van der Waals surface area contributed by atoms with Crippen LogP contribution in [0.15, 0.2) is 35.3 Å². The van der Waals surface area contributed by atoms with Gasteiger partial charge in [0.25, 0.3) is 11.5 Å². The first kappa shape index (κ1) is 24.7. The second-order valence-electron chi connectivity index (χ2n) is 8.73. The lowest BCUT2D eigenvalue weighted by Gasteiger charge is -2.15. The normalized spacial score (nSPS) is 11.3. The molecule has 0 saturated carbocycles. The van der Waals surface area contributed by atoms with Gasteiger partial charge in [0.15, 0.2) is 0 Å². The molecule has 0 radical (unpaired) electrons. The third-order valence-corrected chi connectivity index (χ3v) is 6.11. The van der Waals surface area contributed by atoms with Gasteiger partial charge in [0, 0.05) is 19.3 Å². The number of carbonyl (C=O) groups excluding carboxylic acids is 1. The first-order chi connectivity index (χ1) is 16.1. The van der Waals surface area contributed by atoms with Crippen LogP contribution >= 0.6 is 0 Å². The maximum absolute atomic E-state index is 13.2. The molecule has 3 rings (SSSR count). The number of pyridine rings is 2. The first-order valence-electron chi connectivity index (χ1n) is 12.5. The molecule has 0 atom stereocenters. The molecule has 0 spiro atoms. The van der Waals surface area contributed by atoms with Crippen molar-refractivity contribution in [2.75, 3.05) is 6.54 Å². The van der Waals surface area contributed by atoms with Crippen LogP contribution in [0.5, 0.6) is 0 Å². The predicted octanol–water partition coefficient (Wildman–Crippen LogP) is 4.80. The van der Waals surface area contributed by atoms with Gasteiger partial charge in [0.1, 0.15) is 16.8 Å². The summed E-state index contributed by atoms with van der Waals surface area (Å²) < 4.78 is 3.23. The number of nitrogens with one attached hydrogen (secondary N) is 2. The molecule has 1 amide bonds. The van der Waals surface area contributed by atoms with Gasteiger partial charge in [-0.3, -0.25) is 19.4 Å². The molecule has 0 unspecified atom stereocenters. The molecule has 0 saturated heterocycles. The van der Waals surface area contributed by atoms with Gasteiger partial charge in [0.2, 0.25) is 0 Å². The van der Waals surface area contributed by atoms with Crippen molar-refractivity contribution in [2.45, 2.75) is 84.6 Å². The smallest absolute Gasteiger partial charge is 0.267 e. The molecule has 7 nitrogen and oxygen atoms in total. The van der Waals surface area contributed by atoms with Crippen molar-refractivity contribution < 1.29 is 4.79 Å². The van der Waals surface area contributed by atoms with E-state index in [2.05, 4.69) is 24.1 Å². The average Bonchev–Trinajstić information content (AvgIpc) is 2.82. The highest BCUT2D eigenvalue weighted by Gasteiger charge is 2.17. The summed E-state index contributed by atoms with van der Waals surface area (Å²) in [5.41, 5.74) is 1.14. The van der Waals surface area contributed by atoms with Crippen molar-refractivity contribution in [1.82, 2.24) is 19.3 Å². The van der Waals surface area contributed by atoms with Gasteiger partial charge in [-0.15, -0.1) is 0 Å². The third-order valence-electron chi connectivity index (χ3n) is 6.11. The Bertz CT molecular complexity index is 1190. The fraction of sp³-hybridized carbons (Fsp3) is 0.538. The number of hydrogen-bond donors (Lipinski definition) is 2. The number of hydrogen-bond acceptors (Lipinski definition) is 4. The number of fused-ring (bicyclic) bond motifs is 2. The number of carbonyl (C=O) groups is 1. The summed E-state index contributed by atoms with van der Waals surface area (Å²) in [5.74, 6) is -0.296. The lowest BCUT2D eigenvalue weighted by Crippen LogP contribution is -2.35. The number of aryl methyl sites for hydroxylation is 1. The average molecular weight is 452 g/mol. The van der Waals surface area contributed by atoms with Gasteiger partial charge in [-0.05, 0) is 31.0 Å². The van der Waals surface area contributed by atoms with E-state index in [9.17, 15) is 9.59 Å². The zero-order valence-corrected chi connectivity index (χ0v) is 20.0. The maximum Gasteiger partial charge on any atom is 0.267 e. The van der Waals surface area contributed by atoms with Crippen molar-refractivity contribution in [3.63, 3.8) is 0 Å². The molecule has 0 fully saturated rings. The zero-order chi connectivity index (χ0) is 23.6. The van der Waals surface area contributed by atoms with Crippen LogP contribution in [0.3, 0.4) is 0 Å². The molecule has 0 bridgehead atoms. The van der Waals surface area contributed by atoms with Crippen LogP contribution < -0.4 is 16.4 Å². The van der Waals surface area contributed by atoms with E-state index in [0.717, 1.165) is 38.5 Å². The quantitative estimate of drug-likeness (QED) is 0.289. The second kappa shape index (κ2) is 12.3. The van der Waals surface area contributed by atoms with Crippen molar-refractivity contribution in [3.05, 3.63) is 51.9 Å². The Morgan fingerprint density at radius 2 is 1.70 bits per heavy atom. The van der Waals surface area contributed by atoms with Crippen LogP contribution in [-0.4, -0.2) is 26.4 Å². The molecule has 2 N–H and O–H groups in total. The summed E-state index contributed by atoms with van der Waals surface area (Å²) >= 11 is 0. The van der Waals surface area contributed by atoms with Gasteiger partial charge in [-0.1, -0.05) is 71.3 Å². The van der Waals surface area contributed by atoms with E-state index in [1.54, 1.807) is 29.0 Å². The first-order valence-corrected chi connectivity index (χ1v) is 12.5. The van der Waals surface area contributed by atoms with E-state index in [1.807, 2.05) is 6.07 Å². The monoisotopic (exact) mass is 451 g/mol. The van der Waals surface area contributed by atoms with Crippen molar-refractivity contribution in [1.29, 1.82) is 5.41 Å². The topological polar surface area (TPSA) is 92.2 Å². The summed E-state index contributed by atoms with van der Waals surface area (Å²) in [6.07, 6.45) is 12.7. The Labute approximate surface area is 195 Å². The van der Waals surface area contributed by atoms with Crippen molar-refractivity contribution in [2.24, 2.45) is 0 Å². The Balaban J connectivity index is 1.90. The fourth-order valence-corrected chi connectivity index (χ4v) is 4.18. The van der Waals surface area contributed by atoms with E-state index in [-0.39, 0.29) is 22.5 Å². The largest absolute Gasteiger partial charge is 0.352 e. The summed E-state index contributed by atoms with van der Waals surface area (Å²) in [6, 6.07) is 6.96. The fourth-order valence-electron chi connectivity index (χ4n) is 4.18. The van der Waals surface area contributed by atoms with Crippen LogP contribution in [0.25, 0.3) is 16.7 Å². The zero-order valence-electron chi connectivity index (χ0n) is 20.0. The molecule has 7 heteroatoms. The standard InChI is InChI=1S/C26H37N5O2/c1-3-5-7-9-10-12-16-28-25(32)20-19-21-24(31(23(20)27)18-13-8-6-4-2)29-22-15-11-14-17-30(22)26(21)33/h11,14-15,17,19,27H,3-10,12-13,16,18H2,1-2H3,(H,28,32). The van der Waals surface area contributed by atoms with E-state index in [1.165, 1.54) is 30.1 Å². The Kier molecular flexibility index (Phi) is 9.22. The molecular weight excluding hydrogens is 414 g/mol. The number of aromatic nitrogens is 3. The highest BCUT2D eigenvalue weighted by Crippen LogP contribution is 2.12. The molecule has 0 aliphatic carbocycles. The lowest BCUT2D eigenvalue weighted by atomic mass is 10.1. The molecule has 178 valence electrons. The highest BCUT2D eigenvalue weighted by molar-refractivity contribution is 5.96. The van der Waals surface area contributed by atoms with Crippen LogP contribution in [0, 0.1) is 5.41 Å². The van der Waals surface area contributed by atoms with Gasteiger partial charge >= 0.3 is 0 Å². The summed E-state index contributed by atoms with van der Waals surface area (Å²) in [7, 11) is 0. The number of rotatable bonds is 13. The molecular formula is C26H37N5O2. The molecule has 33 heavy (non-hydrogen) atoms. The third kappa shape index (κ3) is 6.09. The number of amides is 1. The molecule has 3 aromatic rings. The van der Waals surface area contributed by atoms with E-state index in [0.29, 0.717) is 29.8 Å². The van der Waals surface area contributed by atoms with Gasteiger partial charge in [-0.25, -0.2) is 4.98 Å². The van der Waals surface area contributed by atoms with Crippen LogP contribution in [0.1, 0.15) is 88.4 Å². The van der Waals surface area contributed by atoms with Gasteiger partial charge in [-0.2, -0.15) is 0 Å². The van der Waals surface area contributed by atoms with E-state index in [4.69, 9.17) is 5.41 Å².